The molecule has 0 atom stereocenters. The second kappa shape index (κ2) is 19.4. The van der Waals surface area contributed by atoms with E-state index in [2.05, 4.69) is 15.5 Å². The number of imide groups is 1. The number of phenols is 1. The Labute approximate surface area is 390 Å². The van der Waals surface area contributed by atoms with Crippen molar-refractivity contribution >= 4 is 52.3 Å². The van der Waals surface area contributed by atoms with Crippen molar-refractivity contribution in [2.24, 2.45) is 11.3 Å². The molecule has 0 bridgehead atoms. The second-order valence-electron chi connectivity index (χ2n) is 17.9. The third-order valence-electron chi connectivity index (χ3n) is 13.5. The number of hydrogen-bond donors (Lipinski definition) is 4. The maximum absolute atomic E-state index is 14.2. The van der Waals surface area contributed by atoms with Gasteiger partial charge in [-0.05, 0) is 98.6 Å². The first-order valence-corrected chi connectivity index (χ1v) is 22.3. The maximum Gasteiger partial charge on any atom is 0.490 e. The molecule has 4 N–H and O–H groups in total. The predicted molar refractivity (Wildman–Crippen MR) is 237 cm³/mol. The van der Waals surface area contributed by atoms with Crippen molar-refractivity contribution in [3.8, 4) is 16.9 Å². The number of alkyl halides is 3. The highest BCUT2D eigenvalue weighted by atomic mass is 19.4. The summed E-state index contributed by atoms with van der Waals surface area (Å²) in [7, 11) is 0. The number of hydrogen-bond acceptors (Lipinski definition) is 10. The summed E-state index contributed by atoms with van der Waals surface area (Å²) in [6.45, 7) is 5.28. The first-order chi connectivity index (χ1) is 32.8. The molecule has 69 heavy (non-hydrogen) atoms. The van der Waals surface area contributed by atoms with E-state index in [-0.39, 0.29) is 48.7 Å². The van der Waals surface area contributed by atoms with Crippen LogP contribution in [0.5, 0.6) is 5.75 Å². The topological polar surface area (TPSA) is 203 Å². The molecule has 364 valence electrons. The zero-order valence-electron chi connectivity index (χ0n) is 37.2. The molecule has 9 rings (SSSR count). The minimum absolute atomic E-state index is 0.0193. The van der Waals surface area contributed by atoms with Gasteiger partial charge in [-0.1, -0.05) is 18.2 Å². The number of halogens is 6. The van der Waals surface area contributed by atoms with Gasteiger partial charge < -0.3 is 25.3 Å². The van der Waals surface area contributed by atoms with Gasteiger partial charge in [-0.2, -0.15) is 22.7 Å². The molecule has 3 saturated heterocycles. The van der Waals surface area contributed by atoms with E-state index in [4.69, 9.17) is 25.0 Å². The van der Waals surface area contributed by atoms with Crippen molar-refractivity contribution in [1.29, 1.82) is 0 Å². The van der Waals surface area contributed by atoms with Gasteiger partial charge in [-0.25, -0.2) is 28.3 Å². The van der Waals surface area contributed by atoms with Gasteiger partial charge >= 0.3 is 18.2 Å². The molecular weight excluding hydrogens is 917 g/mol. The summed E-state index contributed by atoms with van der Waals surface area (Å²) < 4.78 is 75.4. The Morgan fingerprint density at radius 1 is 0.884 bits per heavy atom. The molecule has 5 aromatic rings. The van der Waals surface area contributed by atoms with Crippen molar-refractivity contribution in [3.05, 3.63) is 95.2 Å². The molecule has 5 amide bonds. The van der Waals surface area contributed by atoms with Crippen LogP contribution < -0.4 is 20.4 Å². The van der Waals surface area contributed by atoms with Crippen LogP contribution in [0.25, 0.3) is 22.0 Å². The fourth-order valence-electron chi connectivity index (χ4n) is 9.44. The number of amides is 5. The summed E-state index contributed by atoms with van der Waals surface area (Å²) in [5.41, 5.74) is 3.92. The number of nitrogens with one attached hydrogen (secondary N) is 2. The maximum atomic E-state index is 14.2. The van der Waals surface area contributed by atoms with E-state index in [0.717, 1.165) is 85.6 Å². The minimum atomic E-state index is -5.08. The number of likely N-dealkylation sites (tertiary alicyclic amines) is 1. The Kier molecular flexibility index (Phi) is 13.5. The van der Waals surface area contributed by atoms with Crippen molar-refractivity contribution in [2.45, 2.75) is 70.5 Å². The van der Waals surface area contributed by atoms with Gasteiger partial charge in [0.1, 0.15) is 0 Å². The SMILES string of the molecule is Cc1ccc(C(=O)N2CCC3(CCN(c4ncc(-c5ccc6cn(C7CCC(CNC(=O)c8cc(F)c(O)c(F)c8F)CC7)nc6c5)cn4)CC3)C2)cc1N1CCC(=O)NC1=O.O=C(O)C(F)(F)F. The normalized spacial score (nSPS) is 19.3. The summed E-state index contributed by atoms with van der Waals surface area (Å²) in [4.78, 5) is 74.5. The third kappa shape index (κ3) is 10.4. The number of nitrogens with zero attached hydrogens (tertiary/aromatic N) is 7. The third-order valence-corrected chi connectivity index (χ3v) is 13.5. The Morgan fingerprint density at radius 2 is 1.57 bits per heavy atom. The lowest BCUT2D eigenvalue weighted by Crippen LogP contribution is -2.49. The van der Waals surface area contributed by atoms with Gasteiger partial charge in [-0.3, -0.25) is 29.3 Å². The Morgan fingerprint density at radius 3 is 2.23 bits per heavy atom. The molecule has 0 unspecified atom stereocenters. The summed E-state index contributed by atoms with van der Waals surface area (Å²) >= 11 is 0. The number of aryl methyl sites for hydroxylation is 1. The lowest BCUT2D eigenvalue weighted by Gasteiger charge is -2.39. The number of anilines is 2. The number of urea groups is 1. The van der Waals surface area contributed by atoms with E-state index < -0.39 is 52.8 Å². The van der Waals surface area contributed by atoms with Crippen LogP contribution in [0.4, 0.5) is 42.8 Å². The van der Waals surface area contributed by atoms with Crippen molar-refractivity contribution < 1.29 is 60.5 Å². The van der Waals surface area contributed by atoms with Crippen LogP contribution in [0.3, 0.4) is 0 Å². The molecule has 4 aliphatic rings. The number of carboxylic acids is 1. The lowest BCUT2D eigenvalue weighted by atomic mass is 9.78. The molecule has 5 heterocycles. The summed E-state index contributed by atoms with van der Waals surface area (Å²) in [5.74, 6) is -9.51. The highest BCUT2D eigenvalue weighted by Crippen LogP contribution is 2.42. The predicted octanol–water partition coefficient (Wildman–Crippen LogP) is 7.30. The quantitative estimate of drug-likeness (QED) is 0.0898. The molecule has 3 aromatic carbocycles. The van der Waals surface area contributed by atoms with Crippen LogP contribution in [-0.4, -0.2) is 110 Å². The van der Waals surface area contributed by atoms with Crippen molar-refractivity contribution in [2.75, 3.05) is 49.1 Å². The lowest BCUT2D eigenvalue weighted by molar-refractivity contribution is -0.192. The van der Waals surface area contributed by atoms with Gasteiger partial charge in [0, 0.05) is 86.5 Å². The van der Waals surface area contributed by atoms with Gasteiger partial charge in [0.25, 0.3) is 11.8 Å². The van der Waals surface area contributed by atoms with E-state index in [9.17, 15) is 50.6 Å². The molecule has 22 heteroatoms. The summed E-state index contributed by atoms with van der Waals surface area (Å²) in [6.07, 6.45) is 6.74. The average Bonchev–Trinajstić information content (AvgIpc) is 3.96. The largest absolute Gasteiger partial charge is 0.503 e. The fourth-order valence-corrected chi connectivity index (χ4v) is 9.44. The smallest absolute Gasteiger partial charge is 0.490 e. The molecule has 1 spiro atoms. The first kappa shape index (κ1) is 48.2. The van der Waals surface area contributed by atoms with E-state index in [0.29, 0.717) is 36.4 Å². The number of carbonyl (C=O) groups excluding carboxylic acids is 4. The minimum Gasteiger partial charge on any atom is -0.503 e. The van der Waals surface area contributed by atoms with Gasteiger partial charge in [-0.15, -0.1) is 0 Å². The molecule has 0 radical (unpaired) electrons. The highest BCUT2D eigenvalue weighted by molar-refractivity contribution is 6.06. The molecule has 4 fully saturated rings. The van der Waals surface area contributed by atoms with Crippen LogP contribution in [0.1, 0.15) is 83.7 Å². The van der Waals surface area contributed by atoms with Gasteiger partial charge in [0.2, 0.25) is 17.7 Å². The summed E-state index contributed by atoms with van der Waals surface area (Å²) in [5, 5.41) is 27.2. The van der Waals surface area contributed by atoms with E-state index >= 15 is 0 Å². The molecule has 1 aliphatic carbocycles. The molecule has 3 aliphatic heterocycles. The number of fused-ring (bicyclic) bond motifs is 1. The van der Waals surface area contributed by atoms with Crippen molar-refractivity contribution in [1.82, 2.24) is 35.3 Å². The monoisotopic (exact) mass is 963 g/mol. The van der Waals surface area contributed by atoms with Crippen LogP contribution in [0, 0.1) is 35.7 Å². The van der Waals surface area contributed by atoms with Gasteiger partial charge in [0.05, 0.1) is 17.1 Å². The Balaban J connectivity index is 0.000000853. The molecule has 16 nitrogen and oxygen atoms in total. The zero-order valence-corrected chi connectivity index (χ0v) is 37.2. The Hall–Kier alpha value is -7.26. The van der Waals surface area contributed by atoms with Crippen LogP contribution in [-0.2, 0) is 9.59 Å². The fraction of sp³-hybridized carbons (Fsp3) is 0.404. The van der Waals surface area contributed by atoms with Crippen LogP contribution in [0.15, 0.2) is 61.1 Å². The van der Waals surface area contributed by atoms with Crippen molar-refractivity contribution in [3.63, 3.8) is 0 Å². The molecule has 1 saturated carbocycles. The number of aliphatic carboxylic acids is 1. The van der Waals surface area contributed by atoms with Gasteiger partial charge in [0.15, 0.2) is 17.4 Å². The highest BCUT2D eigenvalue weighted by Gasteiger charge is 2.43. The zero-order chi connectivity index (χ0) is 49.4. The van der Waals surface area contributed by atoms with Crippen LogP contribution >= 0.6 is 0 Å². The second-order valence-corrected chi connectivity index (χ2v) is 17.9. The van der Waals surface area contributed by atoms with E-state index in [1.807, 2.05) is 65.4 Å². The van der Waals surface area contributed by atoms with E-state index in [1.54, 1.807) is 6.07 Å². The van der Waals surface area contributed by atoms with E-state index in [1.165, 1.54) is 4.90 Å². The standard InChI is InChI=1S/C45H46F3N9O5.C2HF3O2/c1-26-2-5-29(19-36(26)56-14-10-37(58)52-44(56)62)42(61)55-17-13-45(25-55)11-15-54(16-12-45)43-50-22-31(23-51-43)28-6-7-30-24-57(53-35(30)18-28)32-8-3-27(4-9-32)21-49-41(60)33-20-34(46)40(59)39(48)38(33)47;3-2(4,5)1(6)7/h2,5-7,18-20,22-24,27,32,59H,3-4,8-17,21,25H2,1H3,(H,49,60)(H,52,58,62);(H,6,7). The number of benzene rings is 3. The first-order valence-electron chi connectivity index (χ1n) is 22.3. The number of rotatable bonds is 8. The molecular formula is C47H47F6N9O7. The number of aromatic hydroxyl groups is 1. The molecule has 2 aromatic heterocycles. The number of phenolic OH excluding ortho intramolecular Hbond substituents is 1. The number of carboxylic acid groups (broad SMARTS) is 1. The number of carbonyl (C=O) groups is 5. The van der Waals surface area contributed by atoms with Crippen LogP contribution in [0.2, 0.25) is 0 Å². The number of piperidine rings is 1. The average molecular weight is 964 g/mol. The Bertz CT molecular complexity index is 2810. The number of aromatic nitrogens is 4. The summed E-state index contributed by atoms with van der Waals surface area (Å²) in [6, 6.07) is 11.7.